The molecule has 94 valence electrons. The standard InChI is InChI=1S/C13H13BrClN3/c1-3-16-12-6-8(2)17-13(18-12)9-4-5-10(14)11(15)7-9/h4-7H,3H2,1-2H3,(H,16,17,18). The van der Waals surface area contributed by atoms with E-state index in [0.717, 1.165) is 28.1 Å². The molecular weight excluding hydrogens is 314 g/mol. The van der Waals surface area contributed by atoms with Crippen LogP contribution in [-0.2, 0) is 0 Å². The zero-order chi connectivity index (χ0) is 13.1. The Hall–Kier alpha value is -1.13. The average Bonchev–Trinajstić information content (AvgIpc) is 2.32. The van der Waals surface area contributed by atoms with Gasteiger partial charge in [0.25, 0.3) is 0 Å². The zero-order valence-electron chi connectivity index (χ0n) is 10.2. The largest absolute Gasteiger partial charge is 0.370 e. The third-order valence-electron chi connectivity index (χ3n) is 2.39. The van der Waals surface area contributed by atoms with Crippen LogP contribution in [0.15, 0.2) is 28.7 Å². The van der Waals surface area contributed by atoms with Crippen LogP contribution < -0.4 is 5.32 Å². The molecule has 0 unspecified atom stereocenters. The molecule has 0 radical (unpaired) electrons. The molecule has 2 rings (SSSR count). The van der Waals surface area contributed by atoms with Crippen LogP contribution in [0.1, 0.15) is 12.6 Å². The number of aromatic nitrogens is 2. The minimum absolute atomic E-state index is 0.655. The van der Waals surface area contributed by atoms with Crippen LogP contribution in [0.25, 0.3) is 11.4 Å². The first-order valence-corrected chi connectivity index (χ1v) is 6.82. The van der Waals surface area contributed by atoms with E-state index in [0.29, 0.717) is 10.8 Å². The summed E-state index contributed by atoms with van der Waals surface area (Å²) in [5.41, 5.74) is 1.83. The Balaban J connectivity index is 2.46. The summed E-state index contributed by atoms with van der Waals surface area (Å²) in [5, 5.41) is 3.85. The number of hydrogen-bond acceptors (Lipinski definition) is 3. The molecule has 1 N–H and O–H groups in total. The van der Waals surface area contributed by atoms with Crippen molar-refractivity contribution in [2.45, 2.75) is 13.8 Å². The number of nitrogens with one attached hydrogen (secondary N) is 1. The zero-order valence-corrected chi connectivity index (χ0v) is 12.5. The van der Waals surface area contributed by atoms with Gasteiger partial charge in [-0.2, -0.15) is 0 Å². The smallest absolute Gasteiger partial charge is 0.161 e. The van der Waals surface area contributed by atoms with Gasteiger partial charge in [0.2, 0.25) is 0 Å². The van der Waals surface area contributed by atoms with Crippen molar-refractivity contribution in [3.05, 3.63) is 39.5 Å². The van der Waals surface area contributed by atoms with E-state index < -0.39 is 0 Å². The van der Waals surface area contributed by atoms with E-state index in [1.807, 2.05) is 38.1 Å². The first-order valence-electron chi connectivity index (χ1n) is 5.65. The Bertz CT molecular complexity index is 572. The van der Waals surface area contributed by atoms with Crippen LogP contribution >= 0.6 is 27.5 Å². The maximum Gasteiger partial charge on any atom is 0.161 e. The molecular formula is C13H13BrClN3. The van der Waals surface area contributed by atoms with Gasteiger partial charge in [-0.1, -0.05) is 11.6 Å². The lowest BCUT2D eigenvalue weighted by Gasteiger charge is -2.07. The van der Waals surface area contributed by atoms with E-state index >= 15 is 0 Å². The molecule has 0 saturated carbocycles. The molecule has 0 fully saturated rings. The summed E-state index contributed by atoms with van der Waals surface area (Å²) in [6.45, 7) is 4.82. The Morgan fingerprint density at radius 1 is 1.28 bits per heavy atom. The number of nitrogens with zero attached hydrogens (tertiary/aromatic N) is 2. The highest BCUT2D eigenvalue weighted by atomic mass is 79.9. The van der Waals surface area contributed by atoms with Gasteiger partial charge in [-0.25, -0.2) is 9.97 Å². The van der Waals surface area contributed by atoms with Gasteiger partial charge in [-0.15, -0.1) is 0 Å². The maximum absolute atomic E-state index is 6.09. The molecule has 2 aromatic rings. The number of anilines is 1. The Labute approximate surface area is 120 Å². The molecule has 0 aliphatic carbocycles. The van der Waals surface area contributed by atoms with Gasteiger partial charge < -0.3 is 5.32 Å². The van der Waals surface area contributed by atoms with Gasteiger partial charge in [0, 0.05) is 28.3 Å². The fourth-order valence-corrected chi connectivity index (χ4v) is 2.03. The minimum Gasteiger partial charge on any atom is -0.370 e. The average molecular weight is 327 g/mol. The van der Waals surface area contributed by atoms with Crippen LogP contribution in [0, 0.1) is 6.92 Å². The highest BCUT2D eigenvalue weighted by molar-refractivity contribution is 9.10. The molecule has 3 nitrogen and oxygen atoms in total. The molecule has 0 aliphatic rings. The number of benzene rings is 1. The minimum atomic E-state index is 0.655. The summed E-state index contributed by atoms with van der Waals surface area (Å²) < 4.78 is 0.868. The fraction of sp³-hybridized carbons (Fsp3) is 0.231. The van der Waals surface area contributed by atoms with E-state index in [2.05, 4.69) is 31.2 Å². The van der Waals surface area contributed by atoms with Gasteiger partial charge in [-0.05, 0) is 48.0 Å². The fourth-order valence-electron chi connectivity index (χ4n) is 1.60. The molecule has 0 saturated heterocycles. The predicted molar refractivity (Wildman–Crippen MR) is 79.1 cm³/mol. The Morgan fingerprint density at radius 2 is 2.06 bits per heavy atom. The second-order valence-corrected chi connectivity index (χ2v) is 5.14. The highest BCUT2D eigenvalue weighted by Gasteiger charge is 2.06. The second-order valence-electron chi connectivity index (χ2n) is 3.88. The molecule has 0 spiro atoms. The van der Waals surface area contributed by atoms with E-state index in [1.165, 1.54) is 0 Å². The van der Waals surface area contributed by atoms with Crippen molar-refractivity contribution in [2.75, 3.05) is 11.9 Å². The first-order chi connectivity index (χ1) is 8.60. The molecule has 18 heavy (non-hydrogen) atoms. The summed E-state index contributed by atoms with van der Waals surface area (Å²) in [6, 6.07) is 7.63. The highest BCUT2D eigenvalue weighted by Crippen LogP contribution is 2.27. The van der Waals surface area contributed by atoms with Crippen LogP contribution in [0.5, 0.6) is 0 Å². The lowest BCUT2D eigenvalue weighted by Crippen LogP contribution is -2.02. The summed E-state index contributed by atoms with van der Waals surface area (Å²) in [6.07, 6.45) is 0. The van der Waals surface area contributed by atoms with Crippen LogP contribution in [0.3, 0.4) is 0 Å². The van der Waals surface area contributed by atoms with Crippen molar-refractivity contribution in [2.24, 2.45) is 0 Å². The van der Waals surface area contributed by atoms with E-state index in [-0.39, 0.29) is 0 Å². The van der Waals surface area contributed by atoms with Gasteiger partial charge in [0.15, 0.2) is 5.82 Å². The van der Waals surface area contributed by atoms with Crippen molar-refractivity contribution in [1.29, 1.82) is 0 Å². The molecule has 5 heteroatoms. The molecule has 0 bridgehead atoms. The summed E-state index contributed by atoms with van der Waals surface area (Å²) in [4.78, 5) is 8.90. The van der Waals surface area contributed by atoms with Gasteiger partial charge >= 0.3 is 0 Å². The van der Waals surface area contributed by atoms with Crippen LogP contribution in [-0.4, -0.2) is 16.5 Å². The van der Waals surface area contributed by atoms with Crippen molar-refractivity contribution >= 4 is 33.3 Å². The number of rotatable bonds is 3. The molecule has 0 aliphatic heterocycles. The van der Waals surface area contributed by atoms with Gasteiger partial charge in [0.1, 0.15) is 5.82 Å². The van der Waals surface area contributed by atoms with E-state index in [1.54, 1.807) is 0 Å². The second kappa shape index (κ2) is 5.67. The number of halogens is 2. The third kappa shape index (κ3) is 3.00. The Morgan fingerprint density at radius 3 is 2.72 bits per heavy atom. The number of aryl methyl sites for hydroxylation is 1. The van der Waals surface area contributed by atoms with Crippen molar-refractivity contribution in [3.63, 3.8) is 0 Å². The SMILES string of the molecule is CCNc1cc(C)nc(-c2ccc(Br)c(Cl)c2)n1. The van der Waals surface area contributed by atoms with Gasteiger partial charge in [-0.3, -0.25) is 0 Å². The monoisotopic (exact) mass is 325 g/mol. The van der Waals surface area contributed by atoms with Crippen molar-refractivity contribution < 1.29 is 0 Å². The molecule has 0 atom stereocenters. The Kier molecular flexibility index (Phi) is 4.19. The predicted octanol–water partition coefficient (Wildman–Crippen LogP) is 4.30. The number of hydrogen-bond donors (Lipinski definition) is 1. The molecule has 1 heterocycles. The van der Waals surface area contributed by atoms with E-state index in [9.17, 15) is 0 Å². The maximum atomic E-state index is 6.09. The van der Waals surface area contributed by atoms with Crippen molar-refractivity contribution in [3.8, 4) is 11.4 Å². The summed E-state index contributed by atoms with van der Waals surface area (Å²) in [7, 11) is 0. The van der Waals surface area contributed by atoms with Crippen LogP contribution in [0.4, 0.5) is 5.82 Å². The summed E-state index contributed by atoms with van der Waals surface area (Å²) in [5.74, 6) is 1.51. The lowest BCUT2D eigenvalue weighted by molar-refractivity contribution is 1.08. The topological polar surface area (TPSA) is 37.8 Å². The third-order valence-corrected chi connectivity index (χ3v) is 3.62. The molecule has 1 aromatic heterocycles. The van der Waals surface area contributed by atoms with Crippen molar-refractivity contribution in [1.82, 2.24) is 9.97 Å². The molecule has 1 aromatic carbocycles. The normalized spacial score (nSPS) is 10.4. The van der Waals surface area contributed by atoms with Gasteiger partial charge in [0.05, 0.1) is 5.02 Å². The summed E-state index contributed by atoms with van der Waals surface area (Å²) >= 11 is 9.46. The first kappa shape index (κ1) is 13.3. The molecule has 0 amide bonds. The quantitative estimate of drug-likeness (QED) is 0.914. The lowest BCUT2D eigenvalue weighted by atomic mass is 10.2. The van der Waals surface area contributed by atoms with E-state index in [4.69, 9.17) is 11.6 Å². The van der Waals surface area contributed by atoms with Crippen LogP contribution in [0.2, 0.25) is 5.02 Å².